The first kappa shape index (κ1) is 17.8. The number of thioether (sulfide) groups is 1. The summed E-state index contributed by atoms with van der Waals surface area (Å²) >= 11 is 6.35. The topological polar surface area (TPSA) is 44.8 Å². The number of ether oxygens (including phenoxy) is 3. The average molecular weight is 328 g/mol. The molecule has 1 aromatic rings. The maximum Gasteiger partial charge on any atom is 0.339 e. The van der Waals surface area contributed by atoms with Crippen molar-refractivity contribution in [2.24, 2.45) is 0 Å². The van der Waals surface area contributed by atoms with E-state index in [1.165, 1.54) is 18.9 Å². The van der Waals surface area contributed by atoms with Crippen molar-refractivity contribution in [3.05, 3.63) is 23.3 Å². The van der Waals surface area contributed by atoms with Crippen molar-refractivity contribution < 1.29 is 19.0 Å². The van der Waals surface area contributed by atoms with Gasteiger partial charge in [0.15, 0.2) is 0 Å². The molecular formula is C15H20O4S2. The zero-order valence-electron chi connectivity index (χ0n) is 12.7. The van der Waals surface area contributed by atoms with E-state index in [9.17, 15) is 4.79 Å². The van der Waals surface area contributed by atoms with Crippen molar-refractivity contribution in [2.45, 2.75) is 31.6 Å². The number of carbonyl (C=O) groups is 1. The number of carbonyl (C=O) groups excluding carboxylic acids is 1. The maximum atomic E-state index is 12.0. The van der Waals surface area contributed by atoms with E-state index in [0.717, 1.165) is 24.2 Å². The van der Waals surface area contributed by atoms with Crippen LogP contribution in [0.1, 0.15) is 36.2 Å². The molecule has 4 nitrogen and oxygen atoms in total. The van der Waals surface area contributed by atoms with Crippen LogP contribution in [0.4, 0.5) is 0 Å². The standard InChI is InChI=1S/C15H20O4S2/c1-5-7-10-8-11(14(16)18-4)13(9-12(10)17-3)21-15(20)19-6-2/h8-9H,5-7H2,1-4H3. The number of thiocarbonyl (C=S) groups is 1. The predicted molar refractivity (Wildman–Crippen MR) is 88.4 cm³/mol. The SMILES string of the molecule is CCCc1cc(C(=O)OC)c(SC(=S)OCC)cc1OC. The van der Waals surface area contributed by atoms with Crippen molar-refractivity contribution in [1.82, 2.24) is 0 Å². The highest BCUT2D eigenvalue weighted by atomic mass is 32.2. The fraction of sp³-hybridized carbons (Fsp3) is 0.467. The monoisotopic (exact) mass is 328 g/mol. The number of hydrogen-bond donors (Lipinski definition) is 0. The molecule has 0 bridgehead atoms. The number of rotatable bonds is 6. The molecule has 0 saturated heterocycles. The van der Waals surface area contributed by atoms with Crippen molar-refractivity contribution in [1.29, 1.82) is 0 Å². The van der Waals surface area contributed by atoms with Gasteiger partial charge in [-0.25, -0.2) is 4.79 Å². The van der Waals surface area contributed by atoms with Gasteiger partial charge in [0.1, 0.15) is 5.75 Å². The van der Waals surface area contributed by atoms with Gasteiger partial charge in [-0.05, 0) is 55.0 Å². The first-order valence-electron chi connectivity index (χ1n) is 6.71. The number of methoxy groups -OCH3 is 2. The first-order chi connectivity index (χ1) is 10.1. The molecule has 6 heteroatoms. The van der Waals surface area contributed by atoms with Crippen LogP contribution in [0.25, 0.3) is 0 Å². The molecule has 0 spiro atoms. The van der Waals surface area contributed by atoms with Gasteiger partial charge in [0, 0.05) is 4.90 Å². The molecule has 0 aliphatic carbocycles. The van der Waals surface area contributed by atoms with Crippen LogP contribution in [0.3, 0.4) is 0 Å². The van der Waals surface area contributed by atoms with E-state index in [-0.39, 0.29) is 0 Å². The lowest BCUT2D eigenvalue weighted by molar-refractivity contribution is 0.0596. The molecule has 0 radical (unpaired) electrons. The molecule has 0 fully saturated rings. The van der Waals surface area contributed by atoms with Crippen molar-refractivity contribution in [3.63, 3.8) is 0 Å². The lowest BCUT2D eigenvalue weighted by atomic mass is 10.1. The molecule has 0 heterocycles. The lowest BCUT2D eigenvalue weighted by Crippen LogP contribution is -2.07. The van der Waals surface area contributed by atoms with Crippen LogP contribution in [-0.4, -0.2) is 31.2 Å². The number of esters is 1. The minimum atomic E-state index is -0.392. The Hall–Kier alpha value is -1.27. The summed E-state index contributed by atoms with van der Waals surface area (Å²) < 4.78 is 15.9. The molecule has 0 aliphatic rings. The Balaban J connectivity index is 3.24. The van der Waals surface area contributed by atoms with E-state index in [1.807, 2.05) is 19.1 Å². The van der Waals surface area contributed by atoms with Gasteiger partial charge in [-0.2, -0.15) is 0 Å². The second-order valence-corrected chi connectivity index (χ2v) is 5.83. The molecule has 1 aromatic carbocycles. The summed E-state index contributed by atoms with van der Waals surface area (Å²) in [6.07, 6.45) is 1.79. The molecular weight excluding hydrogens is 308 g/mol. The van der Waals surface area contributed by atoms with Crippen molar-refractivity contribution >= 4 is 34.3 Å². The largest absolute Gasteiger partial charge is 0.496 e. The zero-order chi connectivity index (χ0) is 15.8. The van der Waals surface area contributed by atoms with E-state index in [2.05, 4.69) is 6.92 Å². The summed E-state index contributed by atoms with van der Waals surface area (Å²) in [6.45, 7) is 4.42. The quantitative estimate of drug-likeness (QED) is 0.449. The van der Waals surface area contributed by atoms with Crippen LogP contribution in [0.2, 0.25) is 0 Å². The fourth-order valence-corrected chi connectivity index (χ4v) is 3.01. The Morgan fingerprint density at radius 2 is 2.00 bits per heavy atom. The van der Waals surface area contributed by atoms with Crippen LogP contribution in [0, 0.1) is 0 Å². The molecule has 21 heavy (non-hydrogen) atoms. The van der Waals surface area contributed by atoms with Crippen molar-refractivity contribution in [3.8, 4) is 5.75 Å². The molecule has 0 atom stereocenters. The van der Waals surface area contributed by atoms with Crippen LogP contribution in [-0.2, 0) is 15.9 Å². The van der Waals surface area contributed by atoms with E-state index in [0.29, 0.717) is 21.4 Å². The predicted octanol–water partition coefficient (Wildman–Crippen LogP) is 3.85. The van der Waals surface area contributed by atoms with E-state index >= 15 is 0 Å². The van der Waals surface area contributed by atoms with Crippen LogP contribution in [0.5, 0.6) is 5.75 Å². The van der Waals surface area contributed by atoms with E-state index in [4.69, 9.17) is 26.4 Å². The highest BCUT2D eigenvalue weighted by molar-refractivity contribution is 8.22. The molecule has 0 aliphatic heterocycles. The first-order valence-corrected chi connectivity index (χ1v) is 7.93. The zero-order valence-corrected chi connectivity index (χ0v) is 14.4. The Morgan fingerprint density at radius 1 is 1.29 bits per heavy atom. The average Bonchev–Trinajstić information content (AvgIpc) is 2.47. The highest BCUT2D eigenvalue weighted by Gasteiger charge is 2.18. The summed E-state index contributed by atoms with van der Waals surface area (Å²) in [5.74, 6) is 0.350. The molecule has 116 valence electrons. The lowest BCUT2D eigenvalue weighted by Gasteiger charge is -2.14. The minimum Gasteiger partial charge on any atom is -0.496 e. The van der Waals surface area contributed by atoms with Gasteiger partial charge in [-0.15, -0.1) is 0 Å². The van der Waals surface area contributed by atoms with Crippen LogP contribution >= 0.6 is 24.0 Å². The number of hydrogen-bond acceptors (Lipinski definition) is 6. The van der Waals surface area contributed by atoms with E-state index < -0.39 is 5.97 Å². The van der Waals surface area contributed by atoms with Crippen LogP contribution < -0.4 is 4.74 Å². The normalized spacial score (nSPS) is 10.1. The second-order valence-electron chi connectivity index (χ2n) is 4.19. The molecule has 0 amide bonds. The number of benzene rings is 1. The molecule has 0 saturated carbocycles. The summed E-state index contributed by atoms with van der Waals surface area (Å²) in [6, 6.07) is 3.62. The Bertz CT molecular complexity index is 515. The third kappa shape index (κ3) is 4.89. The molecule has 0 unspecified atom stereocenters. The second kappa shape index (κ2) is 8.89. The van der Waals surface area contributed by atoms with Gasteiger partial charge in [0.2, 0.25) is 4.38 Å². The Labute approximate surface area is 135 Å². The summed E-state index contributed by atoms with van der Waals surface area (Å²) in [5, 5.41) is 0. The third-order valence-corrected chi connectivity index (χ3v) is 3.97. The summed E-state index contributed by atoms with van der Waals surface area (Å²) in [5.41, 5.74) is 1.46. The smallest absolute Gasteiger partial charge is 0.339 e. The van der Waals surface area contributed by atoms with E-state index in [1.54, 1.807) is 7.11 Å². The Kier molecular flexibility index (Phi) is 7.53. The number of aryl methyl sites for hydroxylation is 1. The maximum absolute atomic E-state index is 12.0. The molecule has 0 aromatic heterocycles. The van der Waals surface area contributed by atoms with Gasteiger partial charge in [0.05, 0.1) is 26.4 Å². The van der Waals surface area contributed by atoms with Crippen molar-refractivity contribution in [2.75, 3.05) is 20.8 Å². The molecule has 0 N–H and O–H groups in total. The van der Waals surface area contributed by atoms with Gasteiger partial charge in [-0.3, -0.25) is 0 Å². The van der Waals surface area contributed by atoms with Crippen LogP contribution in [0.15, 0.2) is 17.0 Å². The highest BCUT2D eigenvalue weighted by Crippen LogP contribution is 2.33. The fourth-order valence-electron chi connectivity index (χ4n) is 1.85. The minimum absolute atomic E-state index is 0.368. The van der Waals surface area contributed by atoms with Gasteiger partial charge in [0.25, 0.3) is 0 Å². The van der Waals surface area contributed by atoms with Gasteiger partial charge < -0.3 is 14.2 Å². The summed E-state index contributed by atoms with van der Waals surface area (Å²) in [7, 11) is 2.98. The summed E-state index contributed by atoms with van der Waals surface area (Å²) in [4.78, 5) is 12.6. The van der Waals surface area contributed by atoms with Gasteiger partial charge >= 0.3 is 5.97 Å². The Morgan fingerprint density at radius 3 is 2.52 bits per heavy atom. The molecule has 1 rings (SSSR count). The van der Waals surface area contributed by atoms with Gasteiger partial charge in [-0.1, -0.05) is 13.3 Å². The third-order valence-electron chi connectivity index (χ3n) is 2.76.